The van der Waals surface area contributed by atoms with Gasteiger partial charge in [0.2, 0.25) is 0 Å². The van der Waals surface area contributed by atoms with Crippen molar-refractivity contribution in [1.82, 2.24) is 9.80 Å². The molecule has 1 aliphatic heterocycles. The molecule has 0 radical (unpaired) electrons. The van der Waals surface area contributed by atoms with Crippen LogP contribution < -0.4 is 5.73 Å². The zero-order chi connectivity index (χ0) is 18.6. The summed E-state index contributed by atoms with van der Waals surface area (Å²) in [5.41, 5.74) is 6.33. The van der Waals surface area contributed by atoms with Gasteiger partial charge in [0.05, 0.1) is 5.03 Å². The highest BCUT2D eigenvalue weighted by Gasteiger charge is 2.38. The van der Waals surface area contributed by atoms with Crippen LogP contribution in [0.4, 0.5) is 9.18 Å². The molecule has 2 rings (SSSR count). The van der Waals surface area contributed by atoms with Crippen molar-refractivity contribution >= 4 is 17.9 Å². The largest absolute Gasteiger partial charge is 0.446 e. The number of hydrogen-bond acceptors (Lipinski definition) is 5. The third-order valence-corrected chi connectivity index (χ3v) is 5.25. The van der Waals surface area contributed by atoms with Crippen molar-refractivity contribution in [2.75, 3.05) is 19.7 Å². The minimum Gasteiger partial charge on any atom is -0.446 e. The second kappa shape index (κ2) is 8.47. The highest BCUT2D eigenvalue weighted by molar-refractivity contribution is 8.03. The van der Waals surface area contributed by atoms with E-state index in [1.165, 1.54) is 17.8 Å². The van der Waals surface area contributed by atoms with Crippen LogP contribution in [-0.2, 0) is 4.74 Å². The topological polar surface area (TPSA) is 58.8 Å². The number of halogens is 1. The number of hydrogen-bond donors (Lipinski definition) is 1. The Hall–Kier alpha value is -1.89. The van der Waals surface area contributed by atoms with Gasteiger partial charge < -0.3 is 20.3 Å². The number of ether oxygens (including phenoxy) is 1. The lowest BCUT2D eigenvalue weighted by Gasteiger charge is -2.33. The molecule has 1 heterocycles. The zero-order valence-corrected chi connectivity index (χ0v) is 16.0. The summed E-state index contributed by atoms with van der Waals surface area (Å²) >= 11 is 1.54. The number of rotatable bonds is 7. The number of nitrogens with zero attached hydrogens (tertiary/aromatic N) is 2. The Balaban J connectivity index is 2.38. The summed E-state index contributed by atoms with van der Waals surface area (Å²) in [5, 5.41) is 1.07. The van der Waals surface area contributed by atoms with Gasteiger partial charge in [-0.3, -0.25) is 0 Å². The van der Waals surface area contributed by atoms with E-state index < -0.39 is 6.09 Å². The average Bonchev–Trinajstić information content (AvgIpc) is 2.85. The van der Waals surface area contributed by atoms with E-state index in [-0.39, 0.29) is 24.5 Å². The van der Waals surface area contributed by atoms with Crippen LogP contribution in [-0.4, -0.2) is 41.8 Å². The summed E-state index contributed by atoms with van der Waals surface area (Å²) in [6.45, 7) is 10.1. The van der Waals surface area contributed by atoms with E-state index in [4.69, 9.17) is 10.5 Å². The fourth-order valence-electron chi connectivity index (χ4n) is 3.14. The highest BCUT2D eigenvalue weighted by atomic mass is 32.2. The molecule has 1 unspecified atom stereocenters. The van der Waals surface area contributed by atoms with Crippen molar-refractivity contribution in [3.63, 3.8) is 0 Å². The van der Waals surface area contributed by atoms with Crippen LogP contribution in [0.2, 0.25) is 0 Å². The molecule has 0 spiro atoms. The van der Waals surface area contributed by atoms with Crippen molar-refractivity contribution in [1.29, 1.82) is 0 Å². The summed E-state index contributed by atoms with van der Waals surface area (Å²) in [4.78, 5) is 16.3. The predicted octanol–water partition coefficient (Wildman–Crippen LogP) is 3.82. The second-order valence-electron chi connectivity index (χ2n) is 6.09. The normalized spacial score (nSPS) is 17.6. The molecule has 0 saturated heterocycles. The number of nitrogens with two attached hydrogens (primary N) is 1. The Morgan fingerprint density at radius 1 is 1.32 bits per heavy atom. The van der Waals surface area contributed by atoms with Gasteiger partial charge in [0, 0.05) is 23.7 Å². The number of carbonyl (C=O) groups is 1. The quantitative estimate of drug-likeness (QED) is 0.794. The lowest BCUT2D eigenvalue weighted by Crippen LogP contribution is -2.44. The number of allylic oxidation sites excluding steroid dienone is 1. The van der Waals surface area contributed by atoms with E-state index in [1.54, 1.807) is 17.8 Å². The minimum absolute atomic E-state index is 0.101. The first kappa shape index (κ1) is 19.4. The highest BCUT2D eigenvalue weighted by Crippen LogP contribution is 2.42. The van der Waals surface area contributed by atoms with E-state index in [0.717, 1.165) is 23.0 Å². The molecular weight excluding hydrogens is 341 g/mol. The smallest absolute Gasteiger partial charge is 0.404 e. The maximum absolute atomic E-state index is 13.6. The fraction of sp³-hybridized carbons (Fsp3) is 0.500. The molecule has 7 heteroatoms. The van der Waals surface area contributed by atoms with Crippen molar-refractivity contribution in [3.05, 3.63) is 40.8 Å². The van der Waals surface area contributed by atoms with Crippen molar-refractivity contribution < 1.29 is 13.9 Å². The number of thioether (sulfide) groups is 1. The molecule has 0 bridgehead atoms. The number of likely N-dealkylation sites (N-methyl/N-ethyl adjacent to an activating group) is 2. The Morgan fingerprint density at radius 2 is 2.00 bits per heavy atom. The maximum atomic E-state index is 13.6. The van der Waals surface area contributed by atoms with Crippen LogP contribution in [0.25, 0.3) is 0 Å². The molecule has 0 fully saturated rings. The molecule has 138 valence electrons. The van der Waals surface area contributed by atoms with E-state index in [1.807, 2.05) is 6.07 Å². The van der Waals surface area contributed by atoms with Gasteiger partial charge in [-0.25, -0.2) is 9.18 Å². The molecule has 0 aliphatic carbocycles. The lowest BCUT2D eigenvalue weighted by atomic mass is 10.1. The monoisotopic (exact) mass is 367 g/mol. The third-order valence-electron chi connectivity index (χ3n) is 4.12. The van der Waals surface area contributed by atoms with E-state index in [0.29, 0.717) is 0 Å². The Labute approximate surface area is 153 Å². The Bertz CT molecular complexity index is 651. The van der Waals surface area contributed by atoms with Gasteiger partial charge in [-0.2, -0.15) is 0 Å². The summed E-state index contributed by atoms with van der Waals surface area (Å²) in [7, 11) is 0. The standard InChI is InChI=1S/C18H26FN3O2S/c1-5-21-15(11-24-18(20)23)22(6-2)17(16(21)12(3)4)25-14-9-7-8-13(19)10-14/h7-10,12,15H,5-6,11H2,1-4H3,(H2,20,23). The van der Waals surface area contributed by atoms with Crippen molar-refractivity contribution in [3.8, 4) is 0 Å². The van der Waals surface area contributed by atoms with E-state index in [2.05, 4.69) is 37.5 Å². The van der Waals surface area contributed by atoms with Crippen LogP contribution in [0.3, 0.4) is 0 Å². The number of benzene rings is 1. The number of carbonyl (C=O) groups excluding carboxylic acids is 1. The molecule has 25 heavy (non-hydrogen) atoms. The molecule has 5 nitrogen and oxygen atoms in total. The van der Waals surface area contributed by atoms with Gasteiger partial charge in [-0.15, -0.1) is 0 Å². The predicted molar refractivity (Wildman–Crippen MR) is 98.2 cm³/mol. The molecule has 1 amide bonds. The zero-order valence-electron chi connectivity index (χ0n) is 15.2. The van der Waals surface area contributed by atoms with Gasteiger partial charge in [0.15, 0.2) is 0 Å². The van der Waals surface area contributed by atoms with Crippen LogP contribution in [0.1, 0.15) is 27.7 Å². The van der Waals surface area contributed by atoms with Crippen LogP contribution in [0, 0.1) is 11.7 Å². The van der Waals surface area contributed by atoms with E-state index >= 15 is 0 Å². The average molecular weight is 367 g/mol. The van der Waals surface area contributed by atoms with Gasteiger partial charge in [-0.1, -0.05) is 31.7 Å². The summed E-state index contributed by atoms with van der Waals surface area (Å²) < 4.78 is 18.7. The first-order chi connectivity index (χ1) is 11.9. The maximum Gasteiger partial charge on any atom is 0.404 e. The molecule has 0 aromatic heterocycles. The minimum atomic E-state index is -0.774. The molecular formula is C18H26FN3O2S. The summed E-state index contributed by atoms with van der Waals surface area (Å²) in [5.74, 6) is 0.0299. The molecule has 2 N–H and O–H groups in total. The fourth-order valence-corrected chi connectivity index (χ4v) is 4.50. The van der Waals surface area contributed by atoms with Gasteiger partial charge in [-0.05, 0) is 38.0 Å². The van der Waals surface area contributed by atoms with Gasteiger partial charge in [0.25, 0.3) is 0 Å². The third kappa shape index (κ3) is 4.39. The van der Waals surface area contributed by atoms with Crippen molar-refractivity contribution in [2.24, 2.45) is 11.7 Å². The summed E-state index contributed by atoms with van der Waals surface area (Å²) in [6.07, 6.45) is -0.875. The number of primary amides is 1. The lowest BCUT2D eigenvalue weighted by molar-refractivity contribution is 0.0612. The summed E-state index contributed by atoms with van der Waals surface area (Å²) in [6, 6.07) is 6.59. The molecule has 0 saturated carbocycles. The molecule has 1 aliphatic rings. The second-order valence-corrected chi connectivity index (χ2v) is 7.15. The first-order valence-electron chi connectivity index (χ1n) is 8.52. The van der Waals surface area contributed by atoms with Crippen LogP contribution >= 0.6 is 11.8 Å². The SMILES string of the molecule is CCN1C(Sc2cccc(F)c2)=C(C(C)C)N(CC)C1COC(N)=O. The molecule has 1 atom stereocenters. The molecule has 1 aromatic carbocycles. The van der Waals surface area contributed by atoms with Gasteiger partial charge in [0.1, 0.15) is 18.6 Å². The van der Waals surface area contributed by atoms with Gasteiger partial charge >= 0.3 is 6.09 Å². The Morgan fingerprint density at radius 3 is 2.52 bits per heavy atom. The number of amides is 1. The van der Waals surface area contributed by atoms with E-state index in [9.17, 15) is 9.18 Å². The first-order valence-corrected chi connectivity index (χ1v) is 9.33. The Kier molecular flexibility index (Phi) is 6.58. The van der Waals surface area contributed by atoms with Crippen LogP contribution in [0.5, 0.6) is 0 Å². The molecule has 1 aromatic rings. The van der Waals surface area contributed by atoms with Crippen LogP contribution in [0.15, 0.2) is 39.9 Å². The van der Waals surface area contributed by atoms with Crippen molar-refractivity contribution in [2.45, 2.75) is 38.8 Å².